The number of carbonyl (C=O) groups excluding carboxylic acids is 1. The minimum atomic E-state index is -0.132. The molecule has 0 bridgehead atoms. The number of unbranched alkanes of at least 4 members (excludes halogenated alkanes) is 4. The Morgan fingerprint density at radius 2 is 1.80 bits per heavy atom. The van der Waals surface area contributed by atoms with Gasteiger partial charge in [-0.3, -0.25) is 9.79 Å². The molecule has 25 heavy (non-hydrogen) atoms. The van der Waals surface area contributed by atoms with Crippen LogP contribution in [-0.2, 0) is 20.9 Å². The fourth-order valence-electron chi connectivity index (χ4n) is 2.31. The van der Waals surface area contributed by atoms with E-state index in [1.807, 2.05) is 24.3 Å². The topological polar surface area (TPSA) is 85.9 Å². The monoisotopic (exact) mass is 463 g/mol. The van der Waals surface area contributed by atoms with Gasteiger partial charge in [0.1, 0.15) is 0 Å². The van der Waals surface area contributed by atoms with Gasteiger partial charge < -0.3 is 20.5 Å². The van der Waals surface area contributed by atoms with Gasteiger partial charge in [0.2, 0.25) is 0 Å². The Morgan fingerprint density at radius 1 is 1.12 bits per heavy atom. The zero-order valence-corrected chi connectivity index (χ0v) is 17.5. The molecule has 0 heterocycles. The van der Waals surface area contributed by atoms with Gasteiger partial charge >= 0.3 is 5.97 Å². The van der Waals surface area contributed by atoms with E-state index in [1.165, 1.54) is 7.11 Å². The molecular formula is C18H30IN3O3. The first kappa shape index (κ1) is 23.6. The van der Waals surface area contributed by atoms with Crippen LogP contribution in [0.1, 0.15) is 44.1 Å². The first-order chi connectivity index (χ1) is 11.7. The lowest BCUT2D eigenvalue weighted by Crippen LogP contribution is -2.23. The largest absolute Gasteiger partial charge is 0.469 e. The maximum absolute atomic E-state index is 11.0. The van der Waals surface area contributed by atoms with Crippen molar-refractivity contribution >= 4 is 41.6 Å². The molecule has 0 amide bonds. The number of methoxy groups -OCH3 is 2. The van der Waals surface area contributed by atoms with Crippen LogP contribution in [-0.4, -0.2) is 32.7 Å². The van der Waals surface area contributed by atoms with E-state index in [2.05, 4.69) is 15.0 Å². The second-order valence-electron chi connectivity index (χ2n) is 5.58. The summed E-state index contributed by atoms with van der Waals surface area (Å²) in [7, 11) is 3.09. The number of carbonyl (C=O) groups is 1. The number of esters is 1. The molecule has 142 valence electrons. The molecule has 0 aliphatic rings. The summed E-state index contributed by atoms with van der Waals surface area (Å²) in [5.74, 6) is 0.288. The average molecular weight is 463 g/mol. The smallest absolute Gasteiger partial charge is 0.305 e. The fourth-order valence-corrected chi connectivity index (χ4v) is 2.31. The van der Waals surface area contributed by atoms with Gasteiger partial charge in [-0.15, -0.1) is 24.0 Å². The van der Waals surface area contributed by atoms with Crippen LogP contribution >= 0.6 is 24.0 Å². The first-order valence-electron chi connectivity index (χ1n) is 8.38. The van der Waals surface area contributed by atoms with Crippen molar-refractivity contribution in [2.24, 2.45) is 10.7 Å². The third-order valence-corrected chi connectivity index (χ3v) is 3.63. The number of nitrogens with one attached hydrogen (secondary N) is 1. The number of ether oxygens (including phenoxy) is 2. The predicted molar refractivity (Wildman–Crippen MR) is 112 cm³/mol. The van der Waals surface area contributed by atoms with Gasteiger partial charge in [0.15, 0.2) is 5.96 Å². The normalized spacial score (nSPS) is 10.9. The van der Waals surface area contributed by atoms with Crippen LogP contribution in [0, 0.1) is 0 Å². The van der Waals surface area contributed by atoms with Crippen LogP contribution in [0.3, 0.4) is 0 Å². The van der Waals surface area contributed by atoms with Crippen molar-refractivity contribution in [3.05, 3.63) is 29.8 Å². The summed E-state index contributed by atoms with van der Waals surface area (Å²) in [6.07, 6.45) is 5.59. The number of hydrogen-bond acceptors (Lipinski definition) is 4. The van der Waals surface area contributed by atoms with Crippen molar-refractivity contribution in [1.29, 1.82) is 0 Å². The summed E-state index contributed by atoms with van der Waals surface area (Å²) in [6.45, 7) is 1.23. The van der Waals surface area contributed by atoms with Crippen molar-refractivity contribution in [3.63, 3.8) is 0 Å². The minimum Gasteiger partial charge on any atom is -0.469 e. The maximum Gasteiger partial charge on any atom is 0.305 e. The molecule has 0 unspecified atom stereocenters. The molecule has 1 aromatic rings. The molecule has 0 aliphatic heterocycles. The van der Waals surface area contributed by atoms with E-state index in [9.17, 15) is 4.79 Å². The van der Waals surface area contributed by atoms with Crippen molar-refractivity contribution < 1.29 is 14.3 Å². The molecule has 0 saturated heterocycles. The van der Waals surface area contributed by atoms with Crippen molar-refractivity contribution in [3.8, 4) is 0 Å². The Morgan fingerprint density at radius 3 is 2.52 bits per heavy atom. The summed E-state index contributed by atoms with van der Waals surface area (Å²) in [5, 5.41) is 3.12. The molecule has 6 nitrogen and oxygen atoms in total. The zero-order chi connectivity index (χ0) is 17.6. The molecule has 0 aliphatic carbocycles. The third kappa shape index (κ3) is 11.0. The van der Waals surface area contributed by atoms with E-state index in [1.54, 1.807) is 7.11 Å². The van der Waals surface area contributed by atoms with Crippen LogP contribution in [0.4, 0.5) is 5.69 Å². The quantitative estimate of drug-likeness (QED) is 0.172. The van der Waals surface area contributed by atoms with Gasteiger partial charge in [-0.25, -0.2) is 0 Å². The summed E-state index contributed by atoms with van der Waals surface area (Å²) in [6, 6.07) is 7.86. The summed E-state index contributed by atoms with van der Waals surface area (Å²) in [4.78, 5) is 15.3. The number of anilines is 1. The number of para-hydroxylation sites is 1. The van der Waals surface area contributed by atoms with Crippen molar-refractivity contribution in [2.45, 2.75) is 45.1 Å². The third-order valence-electron chi connectivity index (χ3n) is 3.63. The van der Waals surface area contributed by atoms with Gasteiger partial charge in [0.25, 0.3) is 0 Å². The lowest BCUT2D eigenvalue weighted by atomic mass is 10.1. The number of rotatable bonds is 11. The highest BCUT2D eigenvalue weighted by molar-refractivity contribution is 14.0. The first-order valence-corrected chi connectivity index (χ1v) is 8.38. The van der Waals surface area contributed by atoms with E-state index >= 15 is 0 Å². The minimum absolute atomic E-state index is 0. The van der Waals surface area contributed by atoms with Crippen LogP contribution in [0.15, 0.2) is 29.3 Å². The van der Waals surface area contributed by atoms with E-state index < -0.39 is 0 Å². The molecular weight excluding hydrogens is 433 g/mol. The van der Waals surface area contributed by atoms with E-state index in [4.69, 9.17) is 10.5 Å². The van der Waals surface area contributed by atoms with Crippen molar-refractivity contribution in [2.75, 3.05) is 26.1 Å². The average Bonchev–Trinajstić information content (AvgIpc) is 2.59. The number of benzene rings is 1. The summed E-state index contributed by atoms with van der Waals surface area (Å²) in [5.41, 5.74) is 7.89. The molecule has 0 atom stereocenters. The lowest BCUT2D eigenvalue weighted by Gasteiger charge is -2.10. The zero-order valence-electron chi connectivity index (χ0n) is 15.1. The predicted octanol–water partition coefficient (Wildman–Crippen LogP) is 3.69. The molecule has 7 heteroatoms. The molecule has 0 spiro atoms. The van der Waals surface area contributed by atoms with E-state index in [0.717, 1.165) is 43.4 Å². The molecule has 1 rings (SSSR count). The number of guanidine groups is 1. The standard InChI is InChI=1S/C18H29N3O3.HI/c1-23-14-15-10-7-8-11-16(15)21-18(19)20-13-9-5-3-4-6-12-17(22)24-2;/h7-8,10-11H,3-6,9,12-14H2,1-2H3,(H3,19,20,21);1H. The summed E-state index contributed by atoms with van der Waals surface area (Å²) < 4.78 is 9.78. The molecule has 0 fully saturated rings. The second-order valence-corrected chi connectivity index (χ2v) is 5.58. The Kier molecular flexibility index (Phi) is 14.1. The van der Waals surface area contributed by atoms with Crippen LogP contribution in [0.2, 0.25) is 0 Å². The van der Waals surface area contributed by atoms with Crippen LogP contribution < -0.4 is 11.1 Å². The van der Waals surface area contributed by atoms with Crippen LogP contribution in [0.25, 0.3) is 0 Å². The van der Waals surface area contributed by atoms with E-state index in [-0.39, 0.29) is 29.9 Å². The maximum atomic E-state index is 11.0. The van der Waals surface area contributed by atoms with Gasteiger partial charge in [-0.2, -0.15) is 0 Å². The van der Waals surface area contributed by atoms with Gasteiger partial charge in [0, 0.05) is 31.3 Å². The van der Waals surface area contributed by atoms with Gasteiger partial charge in [0.05, 0.1) is 13.7 Å². The van der Waals surface area contributed by atoms with Crippen molar-refractivity contribution in [1.82, 2.24) is 0 Å². The highest BCUT2D eigenvalue weighted by Crippen LogP contribution is 2.15. The lowest BCUT2D eigenvalue weighted by molar-refractivity contribution is -0.140. The number of nitrogens with zero attached hydrogens (tertiary/aromatic N) is 1. The number of hydrogen-bond donors (Lipinski definition) is 2. The summed E-state index contributed by atoms with van der Waals surface area (Å²) >= 11 is 0. The Hall–Kier alpha value is -1.35. The molecule has 0 saturated carbocycles. The molecule has 0 aromatic heterocycles. The van der Waals surface area contributed by atoms with Gasteiger partial charge in [-0.05, 0) is 18.9 Å². The highest BCUT2D eigenvalue weighted by Gasteiger charge is 2.02. The SMILES string of the molecule is COCc1ccccc1NC(N)=NCCCCCCCC(=O)OC.I. The Labute approximate surface area is 167 Å². The Bertz CT molecular complexity index is 524. The van der Waals surface area contributed by atoms with Crippen LogP contribution in [0.5, 0.6) is 0 Å². The number of halogens is 1. The molecule has 3 N–H and O–H groups in total. The number of aliphatic imine (C=N–C) groups is 1. The highest BCUT2D eigenvalue weighted by atomic mass is 127. The Balaban J connectivity index is 0.00000576. The molecule has 1 aromatic carbocycles. The number of nitrogens with two attached hydrogens (primary N) is 1. The van der Waals surface area contributed by atoms with E-state index in [0.29, 0.717) is 25.5 Å². The fraction of sp³-hybridized carbons (Fsp3) is 0.556. The van der Waals surface area contributed by atoms with Gasteiger partial charge in [-0.1, -0.05) is 37.5 Å². The molecule has 0 radical (unpaired) electrons. The second kappa shape index (κ2) is 14.9.